The van der Waals surface area contributed by atoms with E-state index in [1.807, 2.05) is 6.07 Å². The average molecular weight is 250 g/mol. The molecule has 0 saturated carbocycles. The van der Waals surface area contributed by atoms with Crippen LogP contribution in [0.4, 0.5) is 11.4 Å². The van der Waals surface area contributed by atoms with Crippen LogP contribution >= 0.6 is 0 Å². The van der Waals surface area contributed by atoms with Crippen molar-refractivity contribution in [1.82, 2.24) is 0 Å². The normalized spacial score (nSPS) is 19.9. The summed E-state index contributed by atoms with van der Waals surface area (Å²) in [5.74, 6) is -0.0419. The van der Waals surface area contributed by atoms with Gasteiger partial charge in [-0.15, -0.1) is 0 Å². The summed E-state index contributed by atoms with van der Waals surface area (Å²) in [7, 11) is 0. The second-order valence-corrected chi connectivity index (χ2v) is 4.43. The Morgan fingerprint density at radius 1 is 1.61 bits per heavy atom. The van der Waals surface area contributed by atoms with Crippen molar-refractivity contribution >= 4 is 17.2 Å². The quantitative estimate of drug-likeness (QED) is 0.609. The molecule has 1 unspecified atom stereocenters. The minimum absolute atomic E-state index is 0.0361. The molecule has 5 nitrogen and oxygen atoms in total. The van der Waals surface area contributed by atoms with E-state index in [0.717, 1.165) is 5.69 Å². The van der Waals surface area contributed by atoms with Crippen molar-refractivity contribution in [2.24, 2.45) is 0 Å². The Morgan fingerprint density at radius 3 is 3.00 bits per heavy atom. The highest BCUT2D eigenvalue weighted by atomic mass is 16.5. The molecule has 0 aliphatic carbocycles. The molecule has 1 aromatic rings. The van der Waals surface area contributed by atoms with Crippen LogP contribution in [0.15, 0.2) is 18.2 Å². The topological polar surface area (TPSA) is 75.8 Å². The molecule has 0 radical (unpaired) electrons. The number of Topliss-reactive ketones (excluding diaryl/α,β-unsaturated/α-hetero) is 1. The van der Waals surface area contributed by atoms with Crippen LogP contribution in [0.5, 0.6) is 0 Å². The third-order valence-corrected chi connectivity index (χ3v) is 3.18. The number of ketones is 1. The Labute approximate surface area is 106 Å². The van der Waals surface area contributed by atoms with E-state index in [1.54, 1.807) is 12.1 Å². The first-order valence-corrected chi connectivity index (χ1v) is 5.99. The van der Waals surface area contributed by atoms with Gasteiger partial charge in [0.25, 0.3) is 0 Å². The number of hydrogen-bond acceptors (Lipinski definition) is 5. The lowest BCUT2D eigenvalue weighted by molar-refractivity contribution is 0.0727. The number of carbonyl (C=O) groups excluding carboxylic acids is 1. The highest BCUT2D eigenvalue weighted by molar-refractivity contribution is 5.99. The van der Waals surface area contributed by atoms with Crippen molar-refractivity contribution in [2.45, 2.75) is 13.0 Å². The lowest BCUT2D eigenvalue weighted by Crippen LogP contribution is -2.47. The van der Waals surface area contributed by atoms with Gasteiger partial charge in [0.05, 0.1) is 25.9 Å². The van der Waals surface area contributed by atoms with Gasteiger partial charge in [-0.3, -0.25) is 4.79 Å². The first kappa shape index (κ1) is 12.9. The van der Waals surface area contributed by atoms with E-state index in [-0.39, 0.29) is 18.4 Å². The van der Waals surface area contributed by atoms with E-state index in [2.05, 4.69) is 4.90 Å². The smallest absolute Gasteiger partial charge is 0.161 e. The first-order chi connectivity index (χ1) is 8.63. The Kier molecular flexibility index (Phi) is 3.84. The van der Waals surface area contributed by atoms with Crippen molar-refractivity contribution in [1.29, 1.82) is 0 Å². The lowest BCUT2D eigenvalue weighted by atomic mass is 10.1. The predicted octanol–water partition coefficient (Wildman–Crippen LogP) is 0.669. The molecule has 1 aliphatic heterocycles. The van der Waals surface area contributed by atoms with Crippen LogP contribution in [-0.2, 0) is 4.74 Å². The molecule has 2 rings (SSSR count). The molecule has 1 saturated heterocycles. The third-order valence-electron chi connectivity index (χ3n) is 3.18. The Morgan fingerprint density at radius 2 is 2.39 bits per heavy atom. The predicted molar refractivity (Wildman–Crippen MR) is 69.9 cm³/mol. The van der Waals surface area contributed by atoms with E-state index in [0.29, 0.717) is 31.0 Å². The summed E-state index contributed by atoms with van der Waals surface area (Å²) >= 11 is 0. The van der Waals surface area contributed by atoms with Gasteiger partial charge in [0.2, 0.25) is 0 Å². The molecule has 0 bridgehead atoms. The van der Waals surface area contributed by atoms with Crippen LogP contribution in [0.25, 0.3) is 0 Å². The Bertz CT molecular complexity index is 448. The number of nitrogen functional groups attached to an aromatic ring is 1. The zero-order valence-electron chi connectivity index (χ0n) is 10.4. The molecule has 1 aliphatic rings. The first-order valence-electron chi connectivity index (χ1n) is 5.99. The summed E-state index contributed by atoms with van der Waals surface area (Å²) in [6.07, 6.45) is 0. The maximum absolute atomic E-state index is 11.3. The van der Waals surface area contributed by atoms with Crippen molar-refractivity contribution < 1.29 is 14.6 Å². The number of hydrogen-bond donors (Lipinski definition) is 2. The van der Waals surface area contributed by atoms with Gasteiger partial charge in [-0.1, -0.05) is 0 Å². The molecule has 98 valence electrons. The molecular formula is C13H18N2O3. The van der Waals surface area contributed by atoms with Crippen LogP contribution in [0.2, 0.25) is 0 Å². The zero-order valence-corrected chi connectivity index (χ0v) is 10.4. The summed E-state index contributed by atoms with van der Waals surface area (Å²) < 4.78 is 5.33. The Hall–Kier alpha value is -1.59. The fourth-order valence-electron chi connectivity index (χ4n) is 2.20. The van der Waals surface area contributed by atoms with Gasteiger partial charge >= 0.3 is 0 Å². The number of benzene rings is 1. The molecule has 0 aromatic heterocycles. The van der Waals surface area contributed by atoms with E-state index < -0.39 is 0 Å². The molecular weight excluding hydrogens is 232 g/mol. The molecule has 1 heterocycles. The second-order valence-electron chi connectivity index (χ2n) is 4.43. The number of carbonyl (C=O) groups is 1. The number of aliphatic hydroxyl groups is 1. The summed E-state index contributed by atoms with van der Waals surface area (Å²) in [6.45, 7) is 3.38. The van der Waals surface area contributed by atoms with Gasteiger partial charge in [0.15, 0.2) is 5.78 Å². The number of anilines is 2. The van der Waals surface area contributed by atoms with Crippen LogP contribution < -0.4 is 10.6 Å². The number of morpholine rings is 1. The van der Waals surface area contributed by atoms with E-state index in [1.165, 1.54) is 6.92 Å². The minimum atomic E-state index is -0.0543. The zero-order chi connectivity index (χ0) is 13.1. The van der Waals surface area contributed by atoms with Gasteiger partial charge in [-0.2, -0.15) is 0 Å². The van der Waals surface area contributed by atoms with Crippen LogP contribution in [-0.4, -0.2) is 43.3 Å². The number of rotatable bonds is 3. The summed E-state index contributed by atoms with van der Waals surface area (Å²) in [4.78, 5) is 13.4. The molecule has 1 fully saturated rings. The number of aliphatic hydroxyl groups excluding tert-OH is 1. The molecule has 0 spiro atoms. The van der Waals surface area contributed by atoms with E-state index in [4.69, 9.17) is 10.5 Å². The fourth-order valence-corrected chi connectivity index (χ4v) is 2.20. The van der Waals surface area contributed by atoms with Crippen molar-refractivity contribution in [3.05, 3.63) is 23.8 Å². The van der Waals surface area contributed by atoms with Gasteiger partial charge < -0.3 is 20.5 Å². The van der Waals surface area contributed by atoms with Crippen molar-refractivity contribution in [2.75, 3.05) is 37.0 Å². The third kappa shape index (κ3) is 2.47. The molecule has 5 heteroatoms. The highest BCUT2D eigenvalue weighted by Crippen LogP contribution is 2.24. The molecule has 0 amide bonds. The minimum Gasteiger partial charge on any atom is -0.398 e. The second kappa shape index (κ2) is 5.37. The Balaban J connectivity index is 2.27. The number of nitrogens with zero attached hydrogens (tertiary/aromatic N) is 1. The molecule has 1 atom stereocenters. The van der Waals surface area contributed by atoms with Gasteiger partial charge in [0, 0.05) is 23.5 Å². The SMILES string of the molecule is CC(=O)c1ccc(N2CCOCC2CO)cc1N. The van der Waals surface area contributed by atoms with Crippen LogP contribution in [0.3, 0.4) is 0 Å². The summed E-state index contributed by atoms with van der Waals surface area (Å²) in [5.41, 5.74) is 7.80. The number of ether oxygens (including phenoxy) is 1. The van der Waals surface area contributed by atoms with Crippen LogP contribution in [0.1, 0.15) is 17.3 Å². The van der Waals surface area contributed by atoms with Crippen LogP contribution in [0, 0.1) is 0 Å². The monoisotopic (exact) mass is 250 g/mol. The molecule has 1 aromatic carbocycles. The summed E-state index contributed by atoms with van der Waals surface area (Å²) in [5, 5.41) is 9.33. The number of nitrogens with two attached hydrogens (primary N) is 1. The van der Waals surface area contributed by atoms with E-state index in [9.17, 15) is 9.90 Å². The maximum atomic E-state index is 11.3. The maximum Gasteiger partial charge on any atom is 0.161 e. The molecule has 18 heavy (non-hydrogen) atoms. The van der Waals surface area contributed by atoms with Crippen molar-refractivity contribution in [3.8, 4) is 0 Å². The van der Waals surface area contributed by atoms with E-state index >= 15 is 0 Å². The fraction of sp³-hybridized carbons (Fsp3) is 0.462. The molecule has 3 N–H and O–H groups in total. The summed E-state index contributed by atoms with van der Waals surface area (Å²) in [6, 6.07) is 5.32. The van der Waals surface area contributed by atoms with Crippen molar-refractivity contribution in [3.63, 3.8) is 0 Å². The lowest BCUT2D eigenvalue weighted by Gasteiger charge is -2.36. The van der Waals surface area contributed by atoms with Gasteiger partial charge in [0.1, 0.15) is 0 Å². The van der Waals surface area contributed by atoms with Gasteiger partial charge in [-0.05, 0) is 25.1 Å². The standard InChI is InChI=1S/C13H18N2O3/c1-9(17)12-3-2-10(6-13(12)14)15-4-5-18-8-11(15)7-16/h2-3,6,11,16H,4-5,7-8,14H2,1H3. The highest BCUT2D eigenvalue weighted by Gasteiger charge is 2.23. The van der Waals surface area contributed by atoms with Gasteiger partial charge in [-0.25, -0.2) is 0 Å². The largest absolute Gasteiger partial charge is 0.398 e. The average Bonchev–Trinajstić information content (AvgIpc) is 2.38.